The average molecular weight is 333 g/mol. The summed E-state index contributed by atoms with van der Waals surface area (Å²) in [7, 11) is 0. The summed E-state index contributed by atoms with van der Waals surface area (Å²) in [6, 6.07) is 9.43. The van der Waals surface area contributed by atoms with E-state index >= 15 is 0 Å². The highest BCUT2D eigenvalue weighted by Crippen LogP contribution is 2.20. The van der Waals surface area contributed by atoms with E-state index in [1.54, 1.807) is 11.8 Å². The SMILES string of the molecule is CCOC(=O)CC(=O)C1CCCN(C(=O)OCc2ccccc2)C1. The predicted octanol–water partition coefficient (Wildman–Crippen LogP) is 2.56. The van der Waals surface area contributed by atoms with Crippen LogP contribution >= 0.6 is 0 Å². The van der Waals surface area contributed by atoms with Gasteiger partial charge in [-0.3, -0.25) is 9.59 Å². The molecule has 1 amide bonds. The largest absolute Gasteiger partial charge is 0.466 e. The molecule has 0 saturated carbocycles. The summed E-state index contributed by atoms with van der Waals surface area (Å²) in [5.41, 5.74) is 0.915. The number of carbonyl (C=O) groups is 3. The van der Waals surface area contributed by atoms with Crippen LogP contribution < -0.4 is 0 Å². The number of amides is 1. The Hall–Kier alpha value is -2.37. The summed E-state index contributed by atoms with van der Waals surface area (Å²) in [5.74, 6) is -1.01. The molecule has 0 aromatic heterocycles. The van der Waals surface area contributed by atoms with E-state index in [4.69, 9.17) is 9.47 Å². The van der Waals surface area contributed by atoms with Crippen molar-refractivity contribution in [1.29, 1.82) is 0 Å². The Bertz CT molecular complexity index is 572. The number of ketones is 1. The van der Waals surface area contributed by atoms with Crippen LogP contribution in [0.2, 0.25) is 0 Å². The highest BCUT2D eigenvalue weighted by atomic mass is 16.6. The number of rotatable bonds is 6. The number of ether oxygens (including phenoxy) is 2. The standard InChI is InChI=1S/C18H23NO5/c1-2-23-17(21)11-16(20)15-9-6-10-19(12-15)18(22)24-13-14-7-4-3-5-8-14/h3-5,7-8,15H,2,6,9-13H2,1H3. The molecule has 1 aliphatic rings. The molecule has 0 spiro atoms. The molecule has 1 unspecified atom stereocenters. The maximum atomic E-state index is 12.2. The van der Waals surface area contributed by atoms with Crippen molar-refractivity contribution < 1.29 is 23.9 Å². The zero-order valence-electron chi connectivity index (χ0n) is 13.9. The van der Waals surface area contributed by atoms with Gasteiger partial charge < -0.3 is 14.4 Å². The molecule has 1 aromatic rings. The summed E-state index contributed by atoms with van der Waals surface area (Å²) in [4.78, 5) is 37.3. The van der Waals surface area contributed by atoms with Crippen LogP contribution in [0, 0.1) is 5.92 Å². The average Bonchev–Trinajstić information content (AvgIpc) is 2.61. The summed E-state index contributed by atoms with van der Waals surface area (Å²) in [5, 5.41) is 0. The van der Waals surface area contributed by atoms with Crippen molar-refractivity contribution in [2.24, 2.45) is 5.92 Å². The molecule has 1 heterocycles. The van der Waals surface area contributed by atoms with E-state index in [1.165, 1.54) is 0 Å². The fraction of sp³-hybridized carbons (Fsp3) is 0.500. The van der Waals surface area contributed by atoms with Gasteiger partial charge in [0.1, 0.15) is 18.8 Å². The first kappa shape index (κ1) is 18.0. The second kappa shape index (κ2) is 9.05. The van der Waals surface area contributed by atoms with E-state index < -0.39 is 12.1 Å². The van der Waals surface area contributed by atoms with Gasteiger partial charge in [-0.05, 0) is 25.3 Å². The minimum Gasteiger partial charge on any atom is -0.466 e. The molecule has 1 aliphatic heterocycles. The molecular formula is C18H23NO5. The molecule has 0 bridgehead atoms. The van der Waals surface area contributed by atoms with Crippen molar-refractivity contribution in [1.82, 2.24) is 4.90 Å². The molecular weight excluding hydrogens is 310 g/mol. The van der Waals surface area contributed by atoms with Crippen LogP contribution in [0.3, 0.4) is 0 Å². The third-order valence-electron chi connectivity index (χ3n) is 3.96. The Morgan fingerprint density at radius 3 is 2.62 bits per heavy atom. The van der Waals surface area contributed by atoms with Gasteiger partial charge in [0.05, 0.1) is 6.61 Å². The minimum atomic E-state index is -0.508. The lowest BCUT2D eigenvalue weighted by Gasteiger charge is -2.31. The highest BCUT2D eigenvalue weighted by Gasteiger charge is 2.30. The second-order valence-corrected chi connectivity index (χ2v) is 5.77. The fourth-order valence-corrected chi connectivity index (χ4v) is 2.71. The Morgan fingerprint density at radius 1 is 1.17 bits per heavy atom. The molecule has 6 heteroatoms. The first-order chi connectivity index (χ1) is 11.6. The summed E-state index contributed by atoms with van der Waals surface area (Å²) in [6.45, 7) is 3.03. The van der Waals surface area contributed by atoms with E-state index in [2.05, 4.69) is 0 Å². The van der Waals surface area contributed by atoms with Crippen molar-refractivity contribution >= 4 is 17.8 Å². The number of benzene rings is 1. The zero-order chi connectivity index (χ0) is 17.4. The smallest absolute Gasteiger partial charge is 0.410 e. The number of likely N-dealkylation sites (tertiary alicyclic amines) is 1. The fourth-order valence-electron chi connectivity index (χ4n) is 2.71. The van der Waals surface area contributed by atoms with Crippen LogP contribution in [-0.4, -0.2) is 42.4 Å². The molecule has 0 aliphatic carbocycles. The van der Waals surface area contributed by atoms with E-state index in [9.17, 15) is 14.4 Å². The first-order valence-electron chi connectivity index (χ1n) is 8.24. The Kier molecular flexibility index (Phi) is 6.78. The van der Waals surface area contributed by atoms with Crippen LogP contribution in [0.1, 0.15) is 31.7 Å². The summed E-state index contributed by atoms with van der Waals surface area (Å²) in [6.07, 6.45) is 0.749. The predicted molar refractivity (Wildman–Crippen MR) is 87.2 cm³/mol. The van der Waals surface area contributed by atoms with Gasteiger partial charge in [0.15, 0.2) is 0 Å². The van der Waals surface area contributed by atoms with Gasteiger partial charge in [0, 0.05) is 19.0 Å². The normalized spacial score (nSPS) is 17.2. The van der Waals surface area contributed by atoms with Crippen molar-refractivity contribution in [3.05, 3.63) is 35.9 Å². The van der Waals surface area contributed by atoms with Crippen LogP contribution in [0.25, 0.3) is 0 Å². The van der Waals surface area contributed by atoms with Gasteiger partial charge in [-0.15, -0.1) is 0 Å². The van der Waals surface area contributed by atoms with Gasteiger partial charge >= 0.3 is 12.1 Å². The Labute approximate surface area is 141 Å². The lowest BCUT2D eigenvalue weighted by atomic mass is 9.92. The number of Topliss-reactive ketones (excluding diaryl/α,β-unsaturated/α-hetero) is 1. The molecule has 130 valence electrons. The van der Waals surface area contributed by atoms with Crippen LogP contribution in [-0.2, 0) is 25.7 Å². The topological polar surface area (TPSA) is 72.9 Å². The van der Waals surface area contributed by atoms with Crippen LogP contribution in [0.5, 0.6) is 0 Å². The summed E-state index contributed by atoms with van der Waals surface area (Å²) < 4.78 is 10.1. The van der Waals surface area contributed by atoms with Crippen molar-refractivity contribution in [2.75, 3.05) is 19.7 Å². The van der Waals surface area contributed by atoms with Gasteiger partial charge in [0.25, 0.3) is 0 Å². The number of hydrogen-bond donors (Lipinski definition) is 0. The third kappa shape index (κ3) is 5.37. The highest BCUT2D eigenvalue weighted by molar-refractivity contribution is 5.97. The Morgan fingerprint density at radius 2 is 1.92 bits per heavy atom. The number of hydrogen-bond acceptors (Lipinski definition) is 5. The molecule has 1 atom stereocenters. The maximum absolute atomic E-state index is 12.2. The van der Waals surface area contributed by atoms with Crippen LogP contribution in [0.15, 0.2) is 30.3 Å². The third-order valence-corrected chi connectivity index (χ3v) is 3.96. The quantitative estimate of drug-likeness (QED) is 0.591. The van der Waals surface area contributed by atoms with Gasteiger partial charge in [-0.25, -0.2) is 4.79 Å². The van der Waals surface area contributed by atoms with Crippen molar-refractivity contribution in [3.63, 3.8) is 0 Å². The van der Waals surface area contributed by atoms with E-state index in [1.807, 2.05) is 30.3 Å². The molecule has 1 saturated heterocycles. The van der Waals surface area contributed by atoms with E-state index in [-0.39, 0.29) is 31.3 Å². The van der Waals surface area contributed by atoms with Crippen molar-refractivity contribution in [2.45, 2.75) is 32.8 Å². The zero-order valence-corrected chi connectivity index (χ0v) is 13.9. The Balaban J connectivity index is 1.82. The lowest BCUT2D eigenvalue weighted by molar-refractivity contribution is -0.146. The molecule has 1 aromatic carbocycles. The molecule has 24 heavy (non-hydrogen) atoms. The van der Waals surface area contributed by atoms with E-state index in [0.717, 1.165) is 12.0 Å². The molecule has 1 fully saturated rings. The van der Waals surface area contributed by atoms with E-state index in [0.29, 0.717) is 19.5 Å². The first-order valence-corrected chi connectivity index (χ1v) is 8.24. The molecule has 2 rings (SSSR count). The number of piperidine rings is 1. The number of esters is 1. The molecule has 0 N–H and O–H groups in total. The minimum absolute atomic E-state index is 0.172. The van der Waals surface area contributed by atoms with Gasteiger partial charge in [-0.2, -0.15) is 0 Å². The maximum Gasteiger partial charge on any atom is 0.410 e. The van der Waals surface area contributed by atoms with Crippen LogP contribution in [0.4, 0.5) is 4.79 Å². The van der Waals surface area contributed by atoms with Gasteiger partial charge in [0.2, 0.25) is 0 Å². The molecule has 0 radical (unpaired) electrons. The lowest BCUT2D eigenvalue weighted by Crippen LogP contribution is -2.42. The number of nitrogens with zero attached hydrogens (tertiary/aromatic N) is 1. The van der Waals surface area contributed by atoms with Gasteiger partial charge in [-0.1, -0.05) is 30.3 Å². The second-order valence-electron chi connectivity index (χ2n) is 5.77. The number of carbonyl (C=O) groups excluding carboxylic acids is 3. The van der Waals surface area contributed by atoms with Crippen molar-refractivity contribution in [3.8, 4) is 0 Å². The monoisotopic (exact) mass is 333 g/mol. The summed E-state index contributed by atoms with van der Waals surface area (Å²) >= 11 is 0. The molecule has 6 nitrogen and oxygen atoms in total.